The highest BCUT2D eigenvalue weighted by Gasteiger charge is 2.06. The normalized spacial score (nSPS) is 9.80. The second kappa shape index (κ2) is 7.04. The predicted octanol–water partition coefficient (Wildman–Crippen LogP) is 2.00. The molecule has 1 amide bonds. The summed E-state index contributed by atoms with van der Waals surface area (Å²) >= 11 is 0. The topological polar surface area (TPSA) is 66.9 Å². The van der Waals surface area contributed by atoms with E-state index in [-0.39, 0.29) is 5.91 Å². The molecule has 0 aromatic carbocycles. The molecule has 0 aliphatic rings. The lowest BCUT2D eigenvalue weighted by molar-refractivity contribution is 0.0946. The molecule has 5 heteroatoms. The number of nitrogens with zero attached hydrogens (tertiary/aromatic N) is 2. The van der Waals surface area contributed by atoms with Gasteiger partial charge in [0.05, 0.1) is 11.9 Å². The Hall–Kier alpha value is -2.69. The SMILES string of the molecule is C=CCNc1ccc(C(=O)NCc2ccncc2)nc1. The Kier molecular flexibility index (Phi) is 4.83. The van der Waals surface area contributed by atoms with Crippen LogP contribution in [0.5, 0.6) is 0 Å². The van der Waals surface area contributed by atoms with Crippen LogP contribution in [0.15, 0.2) is 55.5 Å². The number of carbonyl (C=O) groups is 1. The third-order valence-electron chi connectivity index (χ3n) is 2.65. The van der Waals surface area contributed by atoms with Gasteiger partial charge >= 0.3 is 0 Å². The summed E-state index contributed by atoms with van der Waals surface area (Å²) in [6.45, 7) is 4.74. The average molecular weight is 268 g/mol. The zero-order valence-electron chi connectivity index (χ0n) is 11.0. The smallest absolute Gasteiger partial charge is 0.270 e. The lowest BCUT2D eigenvalue weighted by Crippen LogP contribution is -2.23. The maximum Gasteiger partial charge on any atom is 0.270 e. The Morgan fingerprint density at radius 1 is 1.25 bits per heavy atom. The minimum atomic E-state index is -0.197. The van der Waals surface area contributed by atoms with Crippen LogP contribution in [-0.2, 0) is 6.54 Å². The van der Waals surface area contributed by atoms with E-state index in [2.05, 4.69) is 27.2 Å². The Morgan fingerprint density at radius 2 is 2.05 bits per heavy atom. The fourth-order valence-corrected chi connectivity index (χ4v) is 1.60. The first-order valence-corrected chi connectivity index (χ1v) is 6.27. The van der Waals surface area contributed by atoms with Gasteiger partial charge in [0.1, 0.15) is 5.69 Å². The number of amides is 1. The quantitative estimate of drug-likeness (QED) is 0.786. The molecule has 2 N–H and O–H groups in total. The minimum absolute atomic E-state index is 0.197. The van der Waals surface area contributed by atoms with Crippen LogP contribution in [0.1, 0.15) is 16.1 Å². The number of aromatic nitrogens is 2. The van der Waals surface area contributed by atoms with Gasteiger partial charge in [0.2, 0.25) is 0 Å². The molecule has 0 bridgehead atoms. The fourth-order valence-electron chi connectivity index (χ4n) is 1.60. The molecule has 0 radical (unpaired) electrons. The molecule has 0 spiro atoms. The molecule has 5 nitrogen and oxygen atoms in total. The third-order valence-corrected chi connectivity index (χ3v) is 2.65. The number of nitrogens with one attached hydrogen (secondary N) is 2. The van der Waals surface area contributed by atoms with Crippen LogP contribution in [0.3, 0.4) is 0 Å². The number of rotatable bonds is 6. The molecule has 0 fully saturated rings. The van der Waals surface area contributed by atoms with Crippen molar-refractivity contribution in [3.05, 3.63) is 66.8 Å². The van der Waals surface area contributed by atoms with Crippen molar-refractivity contribution in [2.75, 3.05) is 11.9 Å². The van der Waals surface area contributed by atoms with E-state index in [1.165, 1.54) is 0 Å². The number of pyridine rings is 2. The summed E-state index contributed by atoms with van der Waals surface area (Å²) < 4.78 is 0. The number of hydrogen-bond donors (Lipinski definition) is 2. The van der Waals surface area contributed by atoms with Gasteiger partial charge in [-0.3, -0.25) is 9.78 Å². The summed E-state index contributed by atoms with van der Waals surface area (Å²) in [5.41, 5.74) is 2.25. The first-order chi connectivity index (χ1) is 9.79. The van der Waals surface area contributed by atoms with Crippen LogP contribution < -0.4 is 10.6 Å². The van der Waals surface area contributed by atoms with Crippen LogP contribution in [0.25, 0.3) is 0 Å². The minimum Gasteiger partial charge on any atom is -0.380 e. The monoisotopic (exact) mass is 268 g/mol. The molecular formula is C15H16N4O. The fraction of sp³-hybridized carbons (Fsp3) is 0.133. The Morgan fingerprint density at radius 3 is 2.70 bits per heavy atom. The summed E-state index contributed by atoms with van der Waals surface area (Å²) in [6.07, 6.45) is 6.78. The van der Waals surface area contributed by atoms with Crippen molar-refractivity contribution in [1.29, 1.82) is 0 Å². The van der Waals surface area contributed by atoms with E-state index in [9.17, 15) is 4.79 Å². The van der Waals surface area contributed by atoms with Gasteiger partial charge in [-0.05, 0) is 29.8 Å². The standard InChI is InChI=1S/C15H16N4O/c1-2-7-17-13-3-4-14(18-11-13)15(20)19-10-12-5-8-16-9-6-12/h2-6,8-9,11,17H,1,7,10H2,(H,19,20). The number of carbonyl (C=O) groups excluding carboxylic acids is 1. The van der Waals surface area contributed by atoms with Gasteiger partial charge in [0.25, 0.3) is 5.91 Å². The Balaban J connectivity index is 1.90. The average Bonchev–Trinajstić information content (AvgIpc) is 2.52. The highest BCUT2D eigenvalue weighted by Crippen LogP contribution is 2.06. The molecule has 0 saturated carbocycles. The van der Waals surface area contributed by atoms with Gasteiger partial charge in [-0.1, -0.05) is 6.08 Å². The zero-order chi connectivity index (χ0) is 14.2. The van der Waals surface area contributed by atoms with Crippen molar-refractivity contribution in [3.8, 4) is 0 Å². The lowest BCUT2D eigenvalue weighted by Gasteiger charge is -2.06. The first kappa shape index (κ1) is 13.7. The second-order valence-corrected chi connectivity index (χ2v) is 4.14. The van der Waals surface area contributed by atoms with Crippen LogP contribution in [0, 0.1) is 0 Å². The van der Waals surface area contributed by atoms with E-state index in [4.69, 9.17) is 0 Å². The molecule has 2 rings (SSSR count). The number of anilines is 1. The van der Waals surface area contributed by atoms with Gasteiger partial charge < -0.3 is 10.6 Å². The summed E-state index contributed by atoms with van der Waals surface area (Å²) in [7, 11) is 0. The maximum atomic E-state index is 11.9. The molecule has 0 unspecified atom stereocenters. The first-order valence-electron chi connectivity index (χ1n) is 6.27. The summed E-state index contributed by atoms with van der Waals surface area (Å²) in [4.78, 5) is 20.0. The maximum absolute atomic E-state index is 11.9. The highest BCUT2D eigenvalue weighted by atomic mass is 16.1. The van der Waals surface area contributed by atoms with Crippen LogP contribution in [-0.4, -0.2) is 22.4 Å². The van der Waals surface area contributed by atoms with E-state index >= 15 is 0 Å². The third kappa shape index (κ3) is 3.91. The molecule has 2 heterocycles. The molecule has 0 aliphatic heterocycles. The molecular weight excluding hydrogens is 252 g/mol. The molecule has 0 saturated heterocycles. The molecule has 102 valence electrons. The van der Waals surface area contributed by atoms with Crippen molar-refractivity contribution < 1.29 is 4.79 Å². The van der Waals surface area contributed by atoms with Gasteiger partial charge in [-0.15, -0.1) is 6.58 Å². The van der Waals surface area contributed by atoms with Crippen molar-refractivity contribution >= 4 is 11.6 Å². The van der Waals surface area contributed by atoms with E-state index in [1.54, 1.807) is 30.7 Å². The molecule has 2 aromatic heterocycles. The van der Waals surface area contributed by atoms with Crippen molar-refractivity contribution in [3.63, 3.8) is 0 Å². The van der Waals surface area contributed by atoms with Crippen LogP contribution in [0.4, 0.5) is 5.69 Å². The molecule has 0 aliphatic carbocycles. The highest BCUT2D eigenvalue weighted by molar-refractivity contribution is 5.92. The van der Waals surface area contributed by atoms with E-state index in [0.717, 1.165) is 11.3 Å². The molecule has 20 heavy (non-hydrogen) atoms. The molecule has 0 atom stereocenters. The predicted molar refractivity (Wildman–Crippen MR) is 78.3 cm³/mol. The van der Waals surface area contributed by atoms with Crippen LogP contribution in [0.2, 0.25) is 0 Å². The van der Waals surface area contributed by atoms with Gasteiger partial charge in [-0.25, -0.2) is 4.98 Å². The van der Waals surface area contributed by atoms with E-state index in [0.29, 0.717) is 18.8 Å². The van der Waals surface area contributed by atoms with E-state index in [1.807, 2.05) is 18.2 Å². The van der Waals surface area contributed by atoms with Crippen molar-refractivity contribution in [2.24, 2.45) is 0 Å². The molecule has 2 aromatic rings. The Bertz CT molecular complexity index is 566. The van der Waals surface area contributed by atoms with Gasteiger partial charge in [0.15, 0.2) is 0 Å². The summed E-state index contributed by atoms with van der Waals surface area (Å²) in [6, 6.07) is 7.22. The lowest BCUT2D eigenvalue weighted by atomic mass is 10.2. The van der Waals surface area contributed by atoms with Gasteiger partial charge in [0, 0.05) is 25.5 Å². The summed E-state index contributed by atoms with van der Waals surface area (Å²) in [5.74, 6) is -0.197. The second-order valence-electron chi connectivity index (χ2n) is 4.14. The zero-order valence-corrected chi connectivity index (χ0v) is 11.0. The largest absolute Gasteiger partial charge is 0.380 e. The van der Waals surface area contributed by atoms with Gasteiger partial charge in [-0.2, -0.15) is 0 Å². The number of hydrogen-bond acceptors (Lipinski definition) is 4. The Labute approximate surface area is 117 Å². The van der Waals surface area contributed by atoms with Crippen molar-refractivity contribution in [1.82, 2.24) is 15.3 Å². The van der Waals surface area contributed by atoms with Crippen molar-refractivity contribution in [2.45, 2.75) is 6.54 Å². The van der Waals surface area contributed by atoms with E-state index < -0.39 is 0 Å². The summed E-state index contributed by atoms with van der Waals surface area (Å²) in [5, 5.41) is 5.91. The van der Waals surface area contributed by atoms with Crippen LogP contribution >= 0.6 is 0 Å².